The van der Waals surface area contributed by atoms with Gasteiger partial charge in [-0.2, -0.15) is 0 Å². The topological polar surface area (TPSA) is 65.1 Å². The Morgan fingerprint density at radius 3 is 2.50 bits per heavy atom. The molecule has 1 N–H and O–H groups in total. The van der Waals surface area contributed by atoms with Gasteiger partial charge in [0.15, 0.2) is 6.29 Å². The minimum atomic E-state index is -0.820. The number of nitrogens with one attached hydrogen (secondary N) is 1. The van der Waals surface area contributed by atoms with Crippen LogP contribution in [0.1, 0.15) is 5.56 Å². The van der Waals surface area contributed by atoms with Gasteiger partial charge in [-0.3, -0.25) is 20.0 Å². The van der Waals surface area contributed by atoms with E-state index in [2.05, 4.69) is 5.32 Å². The highest BCUT2D eigenvalue weighted by Gasteiger charge is 2.40. The summed E-state index contributed by atoms with van der Waals surface area (Å²) < 4.78 is 20.5. The first kappa shape index (κ1) is 19.9. The van der Waals surface area contributed by atoms with Crippen molar-refractivity contribution < 1.29 is 18.7 Å². The molecule has 1 aliphatic rings. The molecule has 1 fully saturated rings. The average molecular weight is 407 g/mol. The number of amides is 4. The minimum absolute atomic E-state index is 0.0528. The number of carbonyl (C=O) groups excluding carboxylic acids is 2. The number of hydrogen-bond acceptors (Lipinski definition) is 4. The van der Waals surface area contributed by atoms with Crippen LogP contribution in [0.2, 0.25) is 5.02 Å². The van der Waals surface area contributed by atoms with Crippen LogP contribution in [0.4, 0.5) is 19.7 Å². The van der Waals surface area contributed by atoms with Crippen molar-refractivity contribution in [3.63, 3.8) is 0 Å². The van der Waals surface area contributed by atoms with Crippen LogP contribution < -0.4 is 15.0 Å². The van der Waals surface area contributed by atoms with Gasteiger partial charge in [0, 0.05) is 13.1 Å². The molecule has 1 saturated heterocycles. The van der Waals surface area contributed by atoms with Gasteiger partial charge >= 0.3 is 12.1 Å². The van der Waals surface area contributed by atoms with Crippen molar-refractivity contribution in [3.8, 4) is 5.75 Å². The van der Waals surface area contributed by atoms with E-state index >= 15 is 0 Å². The summed E-state index contributed by atoms with van der Waals surface area (Å²) in [6, 6.07) is 10.6. The Labute approximate surface area is 167 Å². The molecule has 4 amide bonds. The number of nitrogens with zero attached hydrogens (tertiary/aromatic N) is 3. The van der Waals surface area contributed by atoms with Crippen molar-refractivity contribution in [2.75, 3.05) is 26.0 Å². The van der Waals surface area contributed by atoms with E-state index in [-0.39, 0.29) is 23.1 Å². The maximum Gasteiger partial charge on any atom is 0.332 e. The van der Waals surface area contributed by atoms with Gasteiger partial charge in [-0.1, -0.05) is 41.9 Å². The molecule has 28 heavy (non-hydrogen) atoms. The molecule has 1 unspecified atom stereocenters. The Morgan fingerprint density at radius 1 is 1.18 bits per heavy atom. The summed E-state index contributed by atoms with van der Waals surface area (Å²) in [5, 5.41) is 2.27. The molecular weight excluding hydrogens is 387 g/mol. The van der Waals surface area contributed by atoms with E-state index in [0.29, 0.717) is 0 Å². The Hall–Kier alpha value is -2.84. The highest BCUT2D eigenvalue weighted by molar-refractivity contribution is 6.32. The Balaban J connectivity index is 1.96. The fourth-order valence-electron chi connectivity index (χ4n) is 2.98. The van der Waals surface area contributed by atoms with Gasteiger partial charge in [-0.05, 0) is 25.7 Å². The van der Waals surface area contributed by atoms with Crippen LogP contribution >= 0.6 is 11.6 Å². The summed E-state index contributed by atoms with van der Waals surface area (Å²) in [7, 11) is 4.88. The lowest BCUT2D eigenvalue weighted by atomic mass is 10.2. The number of ether oxygens (including phenoxy) is 1. The molecule has 0 aromatic heterocycles. The first-order valence-corrected chi connectivity index (χ1v) is 8.86. The summed E-state index contributed by atoms with van der Waals surface area (Å²) >= 11 is 6.13. The highest BCUT2D eigenvalue weighted by atomic mass is 35.5. The van der Waals surface area contributed by atoms with Crippen LogP contribution in [0.15, 0.2) is 42.5 Å². The lowest BCUT2D eigenvalue weighted by molar-refractivity contribution is 0.107. The highest BCUT2D eigenvalue weighted by Crippen LogP contribution is 2.35. The molecule has 148 valence electrons. The smallest absolute Gasteiger partial charge is 0.332 e. The van der Waals surface area contributed by atoms with Gasteiger partial charge in [0.1, 0.15) is 18.2 Å². The van der Waals surface area contributed by atoms with Crippen molar-refractivity contribution >= 4 is 29.4 Å². The number of carbonyl (C=O) groups is 2. The van der Waals surface area contributed by atoms with Crippen molar-refractivity contribution in [2.45, 2.75) is 12.9 Å². The first-order valence-electron chi connectivity index (χ1n) is 8.49. The summed E-state index contributed by atoms with van der Waals surface area (Å²) in [5.74, 6) is -0.478. The molecule has 3 rings (SSSR count). The van der Waals surface area contributed by atoms with Gasteiger partial charge in [0.25, 0.3) is 0 Å². The van der Waals surface area contributed by atoms with Crippen molar-refractivity contribution in [1.82, 2.24) is 15.1 Å². The van der Waals surface area contributed by atoms with Gasteiger partial charge in [0.05, 0.1) is 10.7 Å². The summed E-state index contributed by atoms with van der Waals surface area (Å²) in [6.45, 7) is 0.229. The Bertz CT molecular complexity index is 894. The molecule has 2 aromatic rings. The monoisotopic (exact) mass is 406 g/mol. The molecule has 1 atom stereocenters. The lowest BCUT2D eigenvalue weighted by Crippen LogP contribution is -2.68. The fourth-order valence-corrected chi connectivity index (χ4v) is 3.19. The van der Waals surface area contributed by atoms with E-state index in [1.54, 1.807) is 19.0 Å². The first-order chi connectivity index (χ1) is 13.3. The van der Waals surface area contributed by atoms with Crippen molar-refractivity contribution in [2.24, 2.45) is 0 Å². The number of rotatable bonds is 5. The quantitative estimate of drug-likeness (QED) is 0.825. The number of benzene rings is 2. The molecule has 0 aliphatic carbocycles. The van der Waals surface area contributed by atoms with Crippen LogP contribution in [0.25, 0.3) is 0 Å². The predicted molar refractivity (Wildman–Crippen MR) is 104 cm³/mol. The third kappa shape index (κ3) is 3.88. The fraction of sp³-hybridized carbons (Fsp3) is 0.263. The Kier molecular flexibility index (Phi) is 5.71. The van der Waals surface area contributed by atoms with Crippen LogP contribution in [-0.4, -0.2) is 49.3 Å². The van der Waals surface area contributed by atoms with Gasteiger partial charge in [-0.25, -0.2) is 14.0 Å². The second kappa shape index (κ2) is 8.04. The standard InChI is InChI=1S/C19H20ClFN4O3/c1-23(2)19-24(3)17(26)22-18(27)25(19)15-10-16(13(20)9-14(15)21)28-11-12-7-5-4-6-8-12/h4-10,19H,11H2,1-3H3,(H,22,26,27). The minimum Gasteiger partial charge on any atom is -0.487 e. The molecule has 1 aliphatic heterocycles. The number of imide groups is 1. The molecule has 9 heteroatoms. The second-order valence-electron chi connectivity index (χ2n) is 6.53. The van der Waals surface area contributed by atoms with E-state index in [0.717, 1.165) is 16.5 Å². The molecular formula is C19H20ClFN4O3. The molecule has 0 spiro atoms. The normalized spacial score (nSPS) is 17.1. The third-order valence-electron chi connectivity index (χ3n) is 4.29. The van der Waals surface area contributed by atoms with E-state index in [4.69, 9.17) is 16.3 Å². The zero-order valence-electron chi connectivity index (χ0n) is 15.6. The third-order valence-corrected chi connectivity index (χ3v) is 4.59. The van der Waals surface area contributed by atoms with Crippen molar-refractivity contribution in [3.05, 3.63) is 58.9 Å². The van der Waals surface area contributed by atoms with Crippen molar-refractivity contribution in [1.29, 1.82) is 0 Å². The number of hydrogen-bond donors (Lipinski definition) is 1. The molecule has 2 aromatic carbocycles. The van der Waals surface area contributed by atoms with Gasteiger partial charge in [-0.15, -0.1) is 0 Å². The Morgan fingerprint density at radius 2 is 1.86 bits per heavy atom. The molecule has 7 nitrogen and oxygen atoms in total. The predicted octanol–water partition coefficient (Wildman–Crippen LogP) is 3.48. The van der Waals surface area contributed by atoms with E-state index in [1.807, 2.05) is 30.3 Å². The lowest BCUT2D eigenvalue weighted by Gasteiger charge is -2.44. The summed E-state index contributed by atoms with van der Waals surface area (Å²) in [6.07, 6.45) is -0.820. The molecule has 1 heterocycles. The molecule has 0 saturated carbocycles. The van der Waals surface area contributed by atoms with Crippen LogP contribution in [0.5, 0.6) is 5.75 Å². The SMILES string of the molecule is CN(C)C1N(C)C(=O)NC(=O)N1c1cc(OCc2ccccc2)c(Cl)cc1F. The van der Waals surface area contributed by atoms with Crippen LogP contribution in [0, 0.1) is 5.82 Å². The largest absolute Gasteiger partial charge is 0.487 e. The maximum atomic E-state index is 14.7. The summed E-state index contributed by atoms with van der Waals surface area (Å²) in [5.41, 5.74) is 0.861. The van der Waals surface area contributed by atoms with E-state index < -0.39 is 24.2 Å². The summed E-state index contributed by atoms with van der Waals surface area (Å²) in [4.78, 5) is 28.5. The van der Waals surface area contributed by atoms with Gasteiger partial charge in [0.2, 0.25) is 0 Å². The maximum absolute atomic E-state index is 14.7. The van der Waals surface area contributed by atoms with Gasteiger partial charge < -0.3 is 4.74 Å². The molecule has 0 bridgehead atoms. The zero-order chi connectivity index (χ0) is 20.4. The van der Waals surface area contributed by atoms with Crippen LogP contribution in [0.3, 0.4) is 0 Å². The second-order valence-corrected chi connectivity index (χ2v) is 6.94. The van der Waals surface area contributed by atoms with Crippen LogP contribution in [-0.2, 0) is 6.61 Å². The number of halogens is 2. The number of anilines is 1. The van der Waals surface area contributed by atoms with E-state index in [9.17, 15) is 14.0 Å². The average Bonchev–Trinajstić information content (AvgIpc) is 2.65. The molecule has 0 radical (unpaired) electrons. The van der Waals surface area contributed by atoms with E-state index in [1.165, 1.54) is 18.0 Å². The zero-order valence-corrected chi connectivity index (χ0v) is 16.4. The number of urea groups is 2.